The van der Waals surface area contributed by atoms with E-state index in [2.05, 4.69) is 21.2 Å². The zero-order valence-corrected chi connectivity index (χ0v) is 12.1. The first kappa shape index (κ1) is 14.0. The van der Waals surface area contributed by atoms with Crippen molar-refractivity contribution in [1.29, 1.82) is 0 Å². The van der Waals surface area contributed by atoms with Gasteiger partial charge in [0.15, 0.2) is 0 Å². The van der Waals surface area contributed by atoms with Crippen LogP contribution in [0.15, 0.2) is 46.9 Å². The minimum absolute atomic E-state index is 0.00343. The summed E-state index contributed by atoms with van der Waals surface area (Å²) < 4.78 is 14.6. The van der Waals surface area contributed by atoms with Crippen molar-refractivity contribution in [1.82, 2.24) is 0 Å². The lowest BCUT2D eigenvalue weighted by atomic mass is 10.1. The number of halogens is 2. The van der Waals surface area contributed by atoms with E-state index in [4.69, 9.17) is 5.11 Å². The molecule has 0 aliphatic carbocycles. The quantitative estimate of drug-likeness (QED) is 0.881. The van der Waals surface area contributed by atoms with Crippen molar-refractivity contribution in [3.63, 3.8) is 0 Å². The smallest absolute Gasteiger partial charge is 0.129 e. The number of aliphatic hydroxyl groups is 1. The Morgan fingerprint density at radius 2 is 2.05 bits per heavy atom. The lowest BCUT2D eigenvalue weighted by Crippen LogP contribution is -2.08. The van der Waals surface area contributed by atoms with Crippen LogP contribution in [0.2, 0.25) is 0 Å². The molecule has 0 amide bonds. The molecule has 0 aliphatic rings. The SMILES string of the molecule is CC(Nc1cccc(CO)c1)c1ccc(Br)cc1F. The third-order valence-corrected chi connectivity index (χ3v) is 3.41. The Kier molecular flexibility index (Phi) is 4.56. The molecule has 2 aromatic rings. The highest BCUT2D eigenvalue weighted by Gasteiger charge is 2.11. The van der Waals surface area contributed by atoms with Crippen molar-refractivity contribution in [3.05, 3.63) is 63.9 Å². The molecule has 1 atom stereocenters. The Morgan fingerprint density at radius 3 is 2.74 bits per heavy atom. The number of benzene rings is 2. The van der Waals surface area contributed by atoms with E-state index < -0.39 is 0 Å². The van der Waals surface area contributed by atoms with E-state index in [1.54, 1.807) is 6.07 Å². The summed E-state index contributed by atoms with van der Waals surface area (Å²) in [6.07, 6.45) is 0. The van der Waals surface area contributed by atoms with Gasteiger partial charge in [-0.1, -0.05) is 34.1 Å². The Hall–Kier alpha value is -1.39. The molecular weight excluding hydrogens is 309 g/mol. The number of aliphatic hydroxyl groups excluding tert-OH is 1. The van der Waals surface area contributed by atoms with Crippen LogP contribution in [0.5, 0.6) is 0 Å². The van der Waals surface area contributed by atoms with Crippen molar-refractivity contribution in [2.75, 3.05) is 5.32 Å². The second-order valence-corrected chi connectivity index (χ2v) is 5.31. The first-order valence-electron chi connectivity index (χ1n) is 6.01. The highest BCUT2D eigenvalue weighted by Crippen LogP contribution is 2.24. The summed E-state index contributed by atoms with van der Waals surface area (Å²) in [7, 11) is 0. The van der Waals surface area contributed by atoms with Crippen LogP contribution in [0.25, 0.3) is 0 Å². The molecule has 0 fully saturated rings. The number of anilines is 1. The van der Waals surface area contributed by atoms with E-state index >= 15 is 0 Å². The number of nitrogens with one attached hydrogen (secondary N) is 1. The molecule has 2 rings (SSSR count). The van der Waals surface area contributed by atoms with E-state index in [1.807, 2.05) is 37.3 Å². The predicted octanol–water partition coefficient (Wildman–Crippen LogP) is 4.25. The summed E-state index contributed by atoms with van der Waals surface area (Å²) >= 11 is 3.24. The van der Waals surface area contributed by atoms with Crippen LogP contribution in [-0.2, 0) is 6.61 Å². The molecule has 0 saturated heterocycles. The van der Waals surface area contributed by atoms with Crippen molar-refractivity contribution in [3.8, 4) is 0 Å². The van der Waals surface area contributed by atoms with Crippen LogP contribution in [0.1, 0.15) is 24.1 Å². The van der Waals surface area contributed by atoms with Gasteiger partial charge in [-0.25, -0.2) is 4.39 Å². The molecule has 0 heterocycles. The summed E-state index contributed by atoms with van der Waals surface area (Å²) in [6.45, 7) is 1.90. The standard InChI is InChI=1S/C15H15BrFNO/c1-10(14-6-5-12(16)8-15(14)17)18-13-4-2-3-11(7-13)9-19/h2-8,10,18-19H,9H2,1H3. The second kappa shape index (κ2) is 6.17. The third-order valence-electron chi connectivity index (χ3n) is 2.92. The van der Waals surface area contributed by atoms with Crippen molar-refractivity contribution in [2.45, 2.75) is 19.6 Å². The van der Waals surface area contributed by atoms with Crippen LogP contribution >= 0.6 is 15.9 Å². The zero-order chi connectivity index (χ0) is 13.8. The van der Waals surface area contributed by atoms with Crippen LogP contribution in [0.4, 0.5) is 10.1 Å². The van der Waals surface area contributed by atoms with Gasteiger partial charge in [0.05, 0.1) is 12.6 Å². The fourth-order valence-electron chi connectivity index (χ4n) is 1.94. The maximum Gasteiger partial charge on any atom is 0.129 e. The molecule has 100 valence electrons. The van der Waals surface area contributed by atoms with E-state index in [9.17, 15) is 4.39 Å². The van der Waals surface area contributed by atoms with E-state index in [0.717, 1.165) is 15.7 Å². The molecule has 0 bridgehead atoms. The van der Waals surface area contributed by atoms with Crippen LogP contribution in [0, 0.1) is 5.82 Å². The first-order chi connectivity index (χ1) is 9.10. The Labute approximate surface area is 120 Å². The summed E-state index contributed by atoms with van der Waals surface area (Å²) in [4.78, 5) is 0. The molecule has 1 unspecified atom stereocenters. The Morgan fingerprint density at radius 1 is 1.26 bits per heavy atom. The molecule has 0 aromatic heterocycles. The predicted molar refractivity (Wildman–Crippen MR) is 78.5 cm³/mol. The van der Waals surface area contributed by atoms with E-state index in [-0.39, 0.29) is 18.5 Å². The molecule has 0 radical (unpaired) electrons. The lowest BCUT2D eigenvalue weighted by Gasteiger charge is -2.17. The van der Waals surface area contributed by atoms with Gasteiger partial charge >= 0.3 is 0 Å². The van der Waals surface area contributed by atoms with Gasteiger partial charge in [0.25, 0.3) is 0 Å². The molecule has 2 N–H and O–H groups in total. The fourth-order valence-corrected chi connectivity index (χ4v) is 2.27. The maximum absolute atomic E-state index is 13.8. The normalized spacial score (nSPS) is 12.2. The van der Waals surface area contributed by atoms with Gasteiger partial charge in [0, 0.05) is 15.7 Å². The maximum atomic E-state index is 13.8. The van der Waals surface area contributed by atoms with Gasteiger partial charge in [-0.05, 0) is 36.8 Å². The highest BCUT2D eigenvalue weighted by atomic mass is 79.9. The average Bonchev–Trinajstić information content (AvgIpc) is 2.38. The monoisotopic (exact) mass is 323 g/mol. The van der Waals surface area contributed by atoms with Gasteiger partial charge in [-0.3, -0.25) is 0 Å². The lowest BCUT2D eigenvalue weighted by molar-refractivity contribution is 0.282. The van der Waals surface area contributed by atoms with E-state index in [1.165, 1.54) is 6.07 Å². The molecule has 0 spiro atoms. The zero-order valence-electron chi connectivity index (χ0n) is 10.5. The second-order valence-electron chi connectivity index (χ2n) is 4.39. The minimum Gasteiger partial charge on any atom is -0.392 e. The third kappa shape index (κ3) is 3.55. The summed E-state index contributed by atoms with van der Waals surface area (Å²) in [5, 5.41) is 12.3. The molecule has 0 saturated carbocycles. The summed E-state index contributed by atoms with van der Waals surface area (Å²) in [5.41, 5.74) is 2.30. The Bertz CT molecular complexity index is 574. The van der Waals surface area contributed by atoms with Gasteiger partial charge in [-0.15, -0.1) is 0 Å². The molecule has 2 nitrogen and oxygen atoms in total. The van der Waals surface area contributed by atoms with Crippen LogP contribution < -0.4 is 5.32 Å². The van der Waals surface area contributed by atoms with Gasteiger partial charge < -0.3 is 10.4 Å². The van der Waals surface area contributed by atoms with Gasteiger partial charge in [-0.2, -0.15) is 0 Å². The molecular formula is C15H15BrFNO. The molecule has 19 heavy (non-hydrogen) atoms. The van der Waals surface area contributed by atoms with Gasteiger partial charge in [0.2, 0.25) is 0 Å². The topological polar surface area (TPSA) is 32.3 Å². The van der Waals surface area contributed by atoms with Crippen molar-refractivity contribution >= 4 is 21.6 Å². The molecule has 0 aliphatic heterocycles. The highest BCUT2D eigenvalue weighted by molar-refractivity contribution is 9.10. The van der Waals surface area contributed by atoms with Gasteiger partial charge in [0.1, 0.15) is 5.82 Å². The number of rotatable bonds is 4. The molecule has 4 heteroatoms. The summed E-state index contributed by atoms with van der Waals surface area (Å²) in [6, 6.07) is 12.3. The molecule has 2 aromatic carbocycles. The first-order valence-corrected chi connectivity index (χ1v) is 6.80. The van der Waals surface area contributed by atoms with E-state index in [0.29, 0.717) is 5.56 Å². The Balaban J connectivity index is 2.17. The number of hydrogen-bond acceptors (Lipinski definition) is 2. The number of hydrogen-bond donors (Lipinski definition) is 2. The van der Waals surface area contributed by atoms with Crippen LogP contribution in [-0.4, -0.2) is 5.11 Å². The largest absolute Gasteiger partial charge is 0.392 e. The minimum atomic E-state index is -0.243. The average molecular weight is 324 g/mol. The van der Waals surface area contributed by atoms with Crippen molar-refractivity contribution in [2.24, 2.45) is 0 Å². The summed E-state index contributed by atoms with van der Waals surface area (Å²) in [5.74, 6) is -0.243. The van der Waals surface area contributed by atoms with Crippen molar-refractivity contribution < 1.29 is 9.50 Å². The fraction of sp³-hybridized carbons (Fsp3) is 0.200. The van der Waals surface area contributed by atoms with Crippen LogP contribution in [0.3, 0.4) is 0 Å².